The van der Waals surface area contributed by atoms with Crippen LogP contribution in [0.1, 0.15) is 20.6 Å². The number of hydrogen-bond acceptors (Lipinski definition) is 4. The third-order valence-corrected chi connectivity index (χ3v) is 11.3. The van der Waals surface area contributed by atoms with E-state index in [4.69, 9.17) is 33.1 Å². The summed E-state index contributed by atoms with van der Waals surface area (Å²) in [6, 6.07) is 27.9. The Morgan fingerprint density at radius 2 is 0.952 bits per heavy atom. The molecule has 6 heteroatoms. The topological polar surface area (TPSA) is 61.7 Å². The molecule has 4 heterocycles. The van der Waals surface area contributed by atoms with Crippen LogP contribution in [0, 0.1) is 0 Å². The fourth-order valence-electron chi connectivity index (χ4n) is 8.47. The first-order valence-electron chi connectivity index (χ1n) is 27.5. The van der Waals surface area contributed by atoms with Crippen molar-refractivity contribution in [2.24, 2.45) is 0 Å². The first-order chi connectivity index (χ1) is 37.5. The Morgan fingerprint density at radius 1 is 0.381 bits per heavy atom. The van der Waals surface area contributed by atoms with Crippen LogP contribution in [0.4, 0.5) is 0 Å². The van der Waals surface area contributed by atoms with Gasteiger partial charge in [-0.3, -0.25) is 0 Å². The van der Waals surface area contributed by atoms with Crippen LogP contribution in [-0.4, -0.2) is 24.1 Å². The van der Waals surface area contributed by atoms with Crippen molar-refractivity contribution in [3.63, 3.8) is 0 Å². The zero-order valence-electron chi connectivity index (χ0n) is 47.7. The van der Waals surface area contributed by atoms with Crippen molar-refractivity contribution in [1.82, 2.24) is 24.1 Å². The van der Waals surface area contributed by atoms with Gasteiger partial charge in [-0.25, -0.2) is 15.0 Å². The van der Waals surface area contributed by atoms with E-state index in [-0.39, 0.29) is 55.1 Å². The van der Waals surface area contributed by atoms with Crippen LogP contribution in [-0.2, 0) is 0 Å². The van der Waals surface area contributed by atoms with Crippen molar-refractivity contribution in [1.29, 1.82) is 0 Å². The van der Waals surface area contributed by atoms with E-state index in [0.717, 1.165) is 26.5 Å². The van der Waals surface area contributed by atoms with Gasteiger partial charge in [0.15, 0.2) is 17.5 Å². The Labute approximate surface area is 382 Å². The summed E-state index contributed by atoms with van der Waals surface area (Å²) in [4.78, 5) is 15.1. The molecule has 0 saturated heterocycles. The highest BCUT2D eigenvalue weighted by atomic mass is 16.3. The SMILES string of the molecule is [2H]c1c([2H])c([2H])c2c(c1[2H])c1c([2H])c(-n3c4c([2H])c([2H])c([2H])c([2H])c4c4c([2H])c([2H])c([2H])c([2H])c43)c([2H])c([2H])c1n2-c1cccc(-c2nc(-c3ccccc3)nc(-c3cccc4oc5cc(-c6ccccc6)ccc5c34)n2)c1. The van der Waals surface area contributed by atoms with Crippen molar-refractivity contribution in [2.75, 3.05) is 0 Å². The molecule has 63 heavy (non-hydrogen) atoms. The second-order valence-corrected chi connectivity index (χ2v) is 14.9. The molecule has 0 bridgehead atoms. The molecule has 0 atom stereocenters. The smallest absolute Gasteiger partial charge is 0.164 e. The molecule has 9 aromatic carbocycles. The average Bonchev–Trinajstić information content (AvgIpc) is 3.54. The molecule has 13 rings (SSSR count). The summed E-state index contributed by atoms with van der Waals surface area (Å²) in [6.45, 7) is 0. The molecule has 0 spiro atoms. The predicted molar refractivity (Wildman–Crippen MR) is 258 cm³/mol. The Hall–Kier alpha value is -8.61. The van der Waals surface area contributed by atoms with E-state index in [9.17, 15) is 6.85 Å². The summed E-state index contributed by atoms with van der Waals surface area (Å²) in [7, 11) is 0. The van der Waals surface area contributed by atoms with Crippen LogP contribution in [0.15, 0.2) is 216 Å². The van der Waals surface area contributed by atoms with E-state index in [1.807, 2.05) is 97.1 Å². The number of para-hydroxylation sites is 3. The first kappa shape index (κ1) is 23.4. The van der Waals surface area contributed by atoms with Gasteiger partial charge in [0.25, 0.3) is 0 Å². The number of furan rings is 1. The number of fused-ring (bicyclic) bond motifs is 9. The van der Waals surface area contributed by atoms with Gasteiger partial charge in [0, 0.05) is 60.4 Å². The summed E-state index contributed by atoms with van der Waals surface area (Å²) in [5.74, 6) is 0.853. The number of aromatic nitrogens is 5. The molecule has 0 amide bonds. The second kappa shape index (κ2) is 14.0. The number of nitrogens with zero attached hydrogens (tertiary/aromatic N) is 5. The molecule has 0 radical (unpaired) electrons. The fraction of sp³-hybridized carbons (Fsp3) is 0. The van der Waals surface area contributed by atoms with Gasteiger partial charge in [0.2, 0.25) is 0 Å². The number of rotatable bonds is 6. The molecule has 0 aliphatic heterocycles. The lowest BCUT2D eigenvalue weighted by atomic mass is 10.0. The minimum absolute atomic E-state index is 0.159. The van der Waals surface area contributed by atoms with Gasteiger partial charge >= 0.3 is 0 Å². The van der Waals surface area contributed by atoms with E-state index in [0.29, 0.717) is 39.5 Å². The Bertz CT molecular complexity index is 4730. The zero-order chi connectivity index (χ0) is 54.5. The van der Waals surface area contributed by atoms with Gasteiger partial charge in [-0.1, -0.05) is 145 Å². The fourth-order valence-corrected chi connectivity index (χ4v) is 8.47. The highest BCUT2D eigenvalue weighted by Gasteiger charge is 2.20. The molecular formula is C57H35N5O. The first-order valence-corrected chi connectivity index (χ1v) is 20.0. The minimum Gasteiger partial charge on any atom is -0.456 e. The third-order valence-electron chi connectivity index (χ3n) is 11.3. The van der Waals surface area contributed by atoms with Gasteiger partial charge in [-0.15, -0.1) is 0 Å². The molecule has 0 aliphatic rings. The van der Waals surface area contributed by atoms with E-state index in [2.05, 4.69) is 0 Å². The largest absolute Gasteiger partial charge is 0.456 e. The maximum Gasteiger partial charge on any atom is 0.164 e. The van der Waals surface area contributed by atoms with Gasteiger partial charge < -0.3 is 13.6 Å². The molecule has 4 aromatic heterocycles. The maximum absolute atomic E-state index is 10.0. The zero-order valence-corrected chi connectivity index (χ0v) is 32.7. The second-order valence-electron chi connectivity index (χ2n) is 14.9. The van der Waals surface area contributed by atoms with Gasteiger partial charge in [0.1, 0.15) is 11.2 Å². The van der Waals surface area contributed by atoms with Crippen molar-refractivity contribution in [3.05, 3.63) is 212 Å². The molecule has 294 valence electrons. The van der Waals surface area contributed by atoms with E-state index < -0.39 is 96.3 Å². The van der Waals surface area contributed by atoms with Crippen LogP contribution < -0.4 is 0 Å². The molecule has 0 fully saturated rings. The van der Waals surface area contributed by atoms with Crippen LogP contribution in [0.3, 0.4) is 0 Å². The molecule has 13 aromatic rings. The quantitative estimate of drug-likeness (QED) is 0.168. The summed E-state index contributed by atoms with van der Waals surface area (Å²) in [6.07, 6.45) is 0. The van der Waals surface area contributed by atoms with Gasteiger partial charge in [0.05, 0.1) is 42.6 Å². The van der Waals surface area contributed by atoms with E-state index in [1.54, 1.807) is 24.3 Å². The Morgan fingerprint density at radius 3 is 1.67 bits per heavy atom. The van der Waals surface area contributed by atoms with Gasteiger partial charge in [-0.05, 0) is 77.7 Å². The standard InChI is InChI=1S/C57H35N5O/c1-3-15-36(16-4-1)38-29-31-45-53(34-38)63-52-28-14-24-46(54(45)52)57-59-55(37-17-5-2-6-18-37)58-56(60-57)39-19-13-20-40(33-39)61-50-27-12-9-23-44(50)47-35-41(30-32-51(47)61)62-48-25-10-7-21-42(48)43-22-8-11-26-49(43)62/h1-35H/i7D,8D,9D,10D,11D,12D,21D,22D,23D,25D,26D,27D,30D,32D,35D. The maximum atomic E-state index is 10.0. The third kappa shape index (κ3) is 5.62. The summed E-state index contributed by atoms with van der Waals surface area (Å²) >= 11 is 0. The van der Waals surface area contributed by atoms with Crippen LogP contribution in [0.5, 0.6) is 0 Å². The van der Waals surface area contributed by atoms with Crippen molar-refractivity contribution < 1.29 is 25.0 Å². The number of benzene rings is 9. The molecular weight excluding hydrogens is 771 g/mol. The molecule has 0 unspecified atom stereocenters. The lowest BCUT2D eigenvalue weighted by molar-refractivity contribution is 0.669. The van der Waals surface area contributed by atoms with Crippen molar-refractivity contribution in [3.8, 4) is 56.7 Å². The van der Waals surface area contributed by atoms with E-state index >= 15 is 0 Å². The van der Waals surface area contributed by atoms with E-state index in [1.165, 1.54) is 4.57 Å². The normalized spacial score (nSPS) is 15.1. The summed E-state index contributed by atoms with van der Waals surface area (Å²) in [5, 5.41) is 0.552. The predicted octanol–water partition coefficient (Wildman–Crippen LogP) is 14.6. The van der Waals surface area contributed by atoms with Crippen molar-refractivity contribution >= 4 is 65.6 Å². The van der Waals surface area contributed by atoms with Gasteiger partial charge in [-0.2, -0.15) is 0 Å². The molecule has 0 saturated carbocycles. The monoisotopic (exact) mass is 820 g/mol. The van der Waals surface area contributed by atoms with Crippen LogP contribution in [0.25, 0.3) is 122 Å². The minimum atomic E-state index is -0.728. The summed E-state index contributed by atoms with van der Waals surface area (Å²) < 4.78 is 145. The molecule has 0 N–H and O–H groups in total. The number of hydrogen-bond donors (Lipinski definition) is 0. The average molecular weight is 821 g/mol. The summed E-state index contributed by atoms with van der Waals surface area (Å²) in [5.41, 5.74) is 3.61. The van der Waals surface area contributed by atoms with Crippen LogP contribution >= 0.6 is 0 Å². The molecule has 0 aliphatic carbocycles. The Balaban J connectivity index is 1.08. The highest BCUT2D eigenvalue weighted by Crippen LogP contribution is 2.40. The van der Waals surface area contributed by atoms with Crippen LogP contribution in [0.2, 0.25) is 0 Å². The lowest BCUT2D eigenvalue weighted by Crippen LogP contribution is -2.01. The molecule has 6 nitrogen and oxygen atoms in total. The lowest BCUT2D eigenvalue weighted by Gasteiger charge is -2.12. The Kier molecular flexibility index (Phi) is 5.19. The van der Waals surface area contributed by atoms with Crippen molar-refractivity contribution in [2.45, 2.75) is 0 Å². The highest BCUT2D eigenvalue weighted by molar-refractivity contribution is 6.14.